The van der Waals surface area contributed by atoms with Crippen LogP contribution in [-0.4, -0.2) is 34.1 Å². The van der Waals surface area contributed by atoms with E-state index in [9.17, 15) is 4.79 Å². The van der Waals surface area contributed by atoms with E-state index < -0.39 is 0 Å². The second-order valence-electron chi connectivity index (χ2n) is 6.16. The van der Waals surface area contributed by atoms with Crippen LogP contribution in [0.3, 0.4) is 0 Å². The Balaban J connectivity index is 2.25. The molecule has 0 bridgehead atoms. The van der Waals surface area contributed by atoms with Crippen LogP contribution in [0.4, 0.5) is 4.79 Å². The topological polar surface area (TPSA) is 79.2 Å². The number of hydrogen-bond donors (Lipinski definition) is 3. The number of aromatic nitrogens is 2. The number of aliphatic hydroxyl groups excluding tert-OH is 1. The predicted molar refractivity (Wildman–Crippen MR) is 82.9 cm³/mol. The van der Waals surface area contributed by atoms with Gasteiger partial charge in [-0.05, 0) is 24.7 Å². The molecule has 0 aliphatic carbocycles. The standard InChI is InChI=1S/C15H28N4O2/c1-5-13-12(10-19(4)18-13)9-17-14(21)16-8-6-7-15(2,3)11-20/h10,20H,5-9,11H2,1-4H3,(H2,16,17,21). The smallest absolute Gasteiger partial charge is 0.315 e. The van der Waals surface area contributed by atoms with Gasteiger partial charge in [-0.3, -0.25) is 4.68 Å². The third kappa shape index (κ3) is 6.16. The second-order valence-corrected chi connectivity index (χ2v) is 6.16. The van der Waals surface area contributed by atoms with Gasteiger partial charge in [-0.2, -0.15) is 5.10 Å². The molecule has 21 heavy (non-hydrogen) atoms. The van der Waals surface area contributed by atoms with Crippen molar-refractivity contribution in [2.75, 3.05) is 13.2 Å². The summed E-state index contributed by atoms with van der Waals surface area (Å²) in [5.41, 5.74) is 1.99. The number of urea groups is 1. The number of aliphatic hydroxyl groups is 1. The molecule has 120 valence electrons. The first kappa shape index (κ1) is 17.5. The molecule has 0 aliphatic rings. The molecule has 0 spiro atoms. The fraction of sp³-hybridized carbons (Fsp3) is 0.733. The summed E-state index contributed by atoms with van der Waals surface area (Å²) in [6.45, 7) is 7.35. The molecule has 0 unspecified atom stereocenters. The van der Waals surface area contributed by atoms with Crippen LogP contribution in [0.2, 0.25) is 0 Å². The van der Waals surface area contributed by atoms with Gasteiger partial charge in [-0.1, -0.05) is 20.8 Å². The van der Waals surface area contributed by atoms with Crippen molar-refractivity contribution < 1.29 is 9.90 Å². The van der Waals surface area contributed by atoms with Crippen molar-refractivity contribution in [3.05, 3.63) is 17.5 Å². The van der Waals surface area contributed by atoms with Crippen LogP contribution in [0.1, 0.15) is 44.9 Å². The average Bonchev–Trinajstić information content (AvgIpc) is 2.81. The normalized spacial score (nSPS) is 11.5. The fourth-order valence-corrected chi connectivity index (χ4v) is 2.11. The van der Waals surface area contributed by atoms with Gasteiger partial charge in [0.05, 0.1) is 5.69 Å². The van der Waals surface area contributed by atoms with E-state index in [1.54, 1.807) is 4.68 Å². The Morgan fingerprint density at radius 2 is 2.14 bits per heavy atom. The number of carbonyl (C=O) groups excluding carboxylic acids is 1. The van der Waals surface area contributed by atoms with Gasteiger partial charge in [-0.15, -0.1) is 0 Å². The lowest BCUT2D eigenvalue weighted by molar-refractivity contribution is 0.148. The second kappa shape index (κ2) is 8.02. The molecule has 2 amide bonds. The molecule has 0 radical (unpaired) electrons. The van der Waals surface area contributed by atoms with Crippen molar-refractivity contribution in [3.8, 4) is 0 Å². The molecule has 3 N–H and O–H groups in total. The fourth-order valence-electron chi connectivity index (χ4n) is 2.11. The number of amides is 2. The quantitative estimate of drug-likeness (QED) is 0.637. The number of rotatable bonds is 8. The summed E-state index contributed by atoms with van der Waals surface area (Å²) >= 11 is 0. The SMILES string of the molecule is CCc1nn(C)cc1CNC(=O)NCCCC(C)(C)CO. The van der Waals surface area contributed by atoms with Gasteiger partial charge in [0.1, 0.15) is 0 Å². The third-order valence-electron chi connectivity index (χ3n) is 3.51. The van der Waals surface area contributed by atoms with Crippen LogP contribution in [-0.2, 0) is 20.0 Å². The van der Waals surface area contributed by atoms with E-state index in [2.05, 4.69) is 22.7 Å². The molecule has 6 heteroatoms. The first-order valence-electron chi connectivity index (χ1n) is 7.52. The van der Waals surface area contributed by atoms with Gasteiger partial charge in [0.2, 0.25) is 0 Å². The van der Waals surface area contributed by atoms with Crippen molar-refractivity contribution in [2.24, 2.45) is 12.5 Å². The minimum Gasteiger partial charge on any atom is -0.396 e. The molecule has 0 saturated carbocycles. The number of hydrogen-bond acceptors (Lipinski definition) is 3. The molecule has 0 aromatic carbocycles. The minimum atomic E-state index is -0.164. The molecular weight excluding hydrogens is 268 g/mol. The van der Waals surface area contributed by atoms with Gasteiger partial charge in [0, 0.05) is 38.5 Å². The Bertz CT molecular complexity index is 455. The van der Waals surface area contributed by atoms with Crippen LogP contribution in [0.5, 0.6) is 0 Å². The van der Waals surface area contributed by atoms with E-state index in [0.717, 1.165) is 30.5 Å². The number of aryl methyl sites for hydroxylation is 2. The molecule has 1 aromatic rings. The highest BCUT2D eigenvalue weighted by atomic mass is 16.3. The van der Waals surface area contributed by atoms with Crippen molar-refractivity contribution in [1.82, 2.24) is 20.4 Å². The maximum Gasteiger partial charge on any atom is 0.315 e. The molecule has 1 heterocycles. The van der Waals surface area contributed by atoms with Crippen LogP contribution in [0.15, 0.2) is 6.20 Å². The summed E-state index contributed by atoms with van der Waals surface area (Å²) < 4.78 is 1.77. The van der Waals surface area contributed by atoms with E-state index in [1.165, 1.54) is 0 Å². The van der Waals surface area contributed by atoms with E-state index in [1.807, 2.05) is 27.1 Å². The minimum absolute atomic E-state index is 0.0795. The zero-order valence-corrected chi connectivity index (χ0v) is 13.6. The highest BCUT2D eigenvalue weighted by molar-refractivity contribution is 5.73. The molecule has 6 nitrogen and oxygen atoms in total. The maximum absolute atomic E-state index is 11.7. The van der Waals surface area contributed by atoms with E-state index in [4.69, 9.17) is 5.11 Å². The van der Waals surface area contributed by atoms with Gasteiger partial charge in [0.25, 0.3) is 0 Å². The Labute approximate surface area is 126 Å². The van der Waals surface area contributed by atoms with Gasteiger partial charge in [0.15, 0.2) is 0 Å². The molecule has 0 aliphatic heterocycles. The van der Waals surface area contributed by atoms with Crippen LogP contribution in [0, 0.1) is 5.41 Å². The summed E-state index contributed by atoms with van der Waals surface area (Å²) in [5, 5.41) is 19.2. The molecular formula is C15H28N4O2. The Morgan fingerprint density at radius 1 is 1.43 bits per heavy atom. The molecule has 0 atom stereocenters. The summed E-state index contributed by atoms with van der Waals surface area (Å²) in [6.07, 6.45) is 4.53. The van der Waals surface area contributed by atoms with E-state index in [0.29, 0.717) is 13.1 Å². The van der Waals surface area contributed by atoms with Crippen molar-refractivity contribution in [2.45, 2.75) is 46.6 Å². The first-order valence-corrected chi connectivity index (χ1v) is 7.52. The summed E-state index contributed by atoms with van der Waals surface area (Å²) in [6, 6.07) is -0.164. The zero-order valence-electron chi connectivity index (χ0n) is 13.6. The summed E-state index contributed by atoms with van der Waals surface area (Å²) in [4.78, 5) is 11.7. The van der Waals surface area contributed by atoms with Gasteiger partial charge < -0.3 is 15.7 Å². The van der Waals surface area contributed by atoms with Gasteiger partial charge in [-0.25, -0.2) is 4.79 Å². The predicted octanol–water partition coefficient (Wildman–Crippen LogP) is 1.58. The molecule has 0 saturated heterocycles. The van der Waals surface area contributed by atoms with E-state index in [-0.39, 0.29) is 18.1 Å². The van der Waals surface area contributed by atoms with Crippen molar-refractivity contribution in [3.63, 3.8) is 0 Å². The number of nitrogens with zero attached hydrogens (tertiary/aromatic N) is 2. The molecule has 1 rings (SSSR count). The largest absolute Gasteiger partial charge is 0.396 e. The Morgan fingerprint density at radius 3 is 2.76 bits per heavy atom. The lowest BCUT2D eigenvalue weighted by atomic mass is 9.89. The molecule has 0 fully saturated rings. The van der Waals surface area contributed by atoms with Crippen LogP contribution < -0.4 is 10.6 Å². The Kier molecular flexibility index (Phi) is 6.68. The van der Waals surface area contributed by atoms with Crippen molar-refractivity contribution in [1.29, 1.82) is 0 Å². The third-order valence-corrected chi connectivity index (χ3v) is 3.51. The lowest BCUT2D eigenvalue weighted by Gasteiger charge is -2.21. The lowest BCUT2D eigenvalue weighted by Crippen LogP contribution is -2.36. The molecule has 1 aromatic heterocycles. The van der Waals surface area contributed by atoms with Crippen LogP contribution in [0.25, 0.3) is 0 Å². The van der Waals surface area contributed by atoms with Gasteiger partial charge >= 0.3 is 6.03 Å². The highest BCUT2D eigenvalue weighted by Crippen LogP contribution is 2.20. The van der Waals surface area contributed by atoms with Crippen molar-refractivity contribution >= 4 is 6.03 Å². The number of nitrogens with one attached hydrogen (secondary N) is 2. The highest BCUT2D eigenvalue weighted by Gasteiger charge is 2.15. The average molecular weight is 296 g/mol. The number of carbonyl (C=O) groups is 1. The summed E-state index contributed by atoms with van der Waals surface area (Å²) in [7, 11) is 1.88. The first-order chi connectivity index (χ1) is 9.88. The van der Waals surface area contributed by atoms with E-state index >= 15 is 0 Å². The Hall–Kier alpha value is -1.56. The zero-order chi connectivity index (χ0) is 15.9. The van der Waals surface area contributed by atoms with Crippen LogP contribution >= 0.6 is 0 Å². The maximum atomic E-state index is 11.7. The summed E-state index contributed by atoms with van der Waals surface area (Å²) in [5.74, 6) is 0. The monoisotopic (exact) mass is 296 g/mol.